The van der Waals surface area contributed by atoms with Crippen LogP contribution in [0.4, 0.5) is 0 Å². The molecule has 2 aliphatic heterocycles. The van der Waals surface area contributed by atoms with Gasteiger partial charge >= 0.3 is 0 Å². The monoisotopic (exact) mass is 349 g/mol. The summed E-state index contributed by atoms with van der Waals surface area (Å²) < 4.78 is 5.95. The number of carbonyl (C=O) groups excluding carboxylic acids is 1. The highest BCUT2D eigenvalue weighted by Gasteiger charge is 2.43. The van der Waals surface area contributed by atoms with Crippen molar-refractivity contribution in [3.8, 4) is 0 Å². The molecule has 2 saturated heterocycles. The summed E-state index contributed by atoms with van der Waals surface area (Å²) in [5, 5.41) is 10.0. The normalized spacial score (nSPS) is 27.2. The molecule has 0 aliphatic carbocycles. The minimum Gasteiger partial charge on any atom is -0.376 e. The van der Waals surface area contributed by atoms with Gasteiger partial charge in [-0.05, 0) is 11.4 Å². The standard InChI is InChI=1S/C16H19N3O2S2/c20-16(11-1-3-22-10-11)18-5-12-9-21-14-7-19(6-13(12)14)8-15-17-2-4-23-15/h1-4,10,12-14H,5-9H2,(H,18,20)/t12-,13+,14+/m0/s1. The molecule has 2 aromatic rings. The van der Waals surface area contributed by atoms with Gasteiger partial charge in [-0.2, -0.15) is 11.3 Å². The van der Waals surface area contributed by atoms with Gasteiger partial charge in [-0.1, -0.05) is 0 Å². The number of nitrogens with zero attached hydrogens (tertiary/aromatic N) is 2. The average Bonchev–Trinajstić information content (AvgIpc) is 3.31. The number of ether oxygens (including phenoxy) is 1. The molecule has 0 aromatic carbocycles. The first-order valence-electron chi connectivity index (χ1n) is 7.82. The number of thiazole rings is 1. The number of thiophene rings is 1. The van der Waals surface area contributed by atoms with Crippen molar-refractivity contribution in [2.75, 3.05) is 26.2 Å². The molecule has 7 heteroatoms. The zero-order valence-corrected chi connectivity index (χ0v) is 14.3. The van der Waals surface area contributed by atoms with Crippen LogP contribution in [-0.2, 0) is 11.3 Å². The molecule has 2 aromatic heterocycles. The molecule has 1 amide bonds. The molecular weight excluding hydrogens is 330 g/mol. The molecule has 4 heterocycles. The molecule has 4 rings (SSSR count). The zero-order valence-electron chi connectivity index (χ0n) is 12.7. The van der Waals surface area contributed by atoms with Gasteiger partial charge in [0, 0.05) is 54.0 Å². The summed E-state index contributed by atoms with van der Waals surface area (Å²) in [6.07, 6.45) is 2.16. The van der Waals surface area contributed by atoms with Crippen LogP contribution in [0.2, 0.25) is 0 Å². The minimum absolute atomic E-state index is 0.0207. The number of fused-ring (bicyclic) bond motifs is 1. The second-order valence-electron chi connectivity index (χ2n) is 6.14. The van der Waals surface area contributed by atoms with E-state index in [1.165, 1.54) is 0 Å². The third-order valence-electron chi connectivity index (χ3n) is 4.67. The number of aromatic nitrogens is 1. The fraction of sp³-hybridized carbons (Fsp3) is 0.500. The van der Waals surface area contributed by atoms with Crippen LogP contribution in [0.25, 0.3) is 0 Å². The highest BCUT2D eigenvalue weighted by atomic mass is 32.1. The molecule has 0 radical (unpaired) electrons. The summed E-state index contributed by atoms with van der Waals surface area (Å²) in [4.78, 5) is 18.8. The number of hydrogen-bond acceptors (Lipinski definition) is 6. The van der Waals surface area contributed by atoms with E-state index in [4.69, 9.17) is 4.74 Å². The van der Waals surface area contributed by atoms with Gasteiger partial charge in [0.1, 0.15) is 5.01 Å². The van der Waals surface area contributed by atoms with E-state index >= 15 is 0 Å². The molecular formula is C16H19N3O2S2. The van der Waals surface area contributed by atoms with Crippen molar-refractivity contribution in [1.29, 1.82) is 0 Å². The molecule has 0 spiro atoms. The molecule has 0 bridgehead atoms. The van der Waals surface area contributed by atoms with Crippen LogP contribution in [0.3, 0.4) is 0 Å². The van der Waals surface area contributed by atoms with Gasteiger partial charge in [0.2, 0.25) is 0 Å². The number of hydrogen-bond donors (Lipinski definition) is 1. The van der Waals surface area contributed by atoms with Crippen molar-refractivity contribution in [1.82, 2.24) is 15.2 Å². The number of rotatable bonds is 5. The van der Waals surface area contributed by atoms with Crippen LogP contribution in [0, 0.1) is 11.8 Å². The van der Waals surface area contributed by atoms with Crippen LogP contribution in [-0.4, -0.2) is 48.1 Å². The van der Waals surface area contributed by atoms with Crippen molar-refractivity contribution >= 4 is 28.6 Å². The number of nitrogens with one attached hydrogen (secondary N) is 1. The molecule has 2 fully saturated rings. The lowest BCUT2D eigenvalue weighted by Crippen LogP contribution is -2.34. The molecule has 1 N–H and O–H groups in total. The Balaban J connectivity index is 1.30. The van der Waals surface area contributed by atoms with Gasteiger partial charge in [-0.15, -0.1) is 11.3 Å². The first kappa shape index (κ1) is 15.3. The van der Waals surface area contributed by atoms with Gasteiger partial charge < -0.3 is 10.1 Å². The van der Waals surface area contributed by atoms with Crippen molar-refractivity contribution < 1.29 is 9.53 Å². The summed E-state index contributed by atoms with van der Waals surface area (Å²) >= 11 is 3.25. The maximum Gasteiger partial charge on any atom is 0.252 e. The highest BCUT2D eigenvalue weighted by molar-refractivity contribution is 7.09. The summed E-state index contributed by atoms with van der Waals surface area (Å²) in [5.41, 5.74) is 0.752. The van der Waals surface area contributed by atoms with E-state index in [1.54, 1.807) is 22.7 Å². The highest BCUT2D eigenvalue weighted by Crippen LogP contribution is 2.34. The smallest absolute Gasteiger partial charge is 0.252 e. The number of amides is 1. The summed E-state index contributed by atoms with van der Waals surface area (Å²) in [6, 6.07) is 1.86. The van der Waals surface area contributed by atoms with E-state index in [-0.39, 0.29) is 5.91 Å². The van der Waals surface area contributed by atoms with Crippen molar-refractivity contribution in [2.24, 2.45) is 11.8 Å². The lowest BCUT2D eigenvalue weighted by Gasteiger charge is -2.19. The minimum atomic E-state index is 0.0207. The predicted molar refractivity (Wildman–Crippen MR) is 90.8 cm³/mol. The van der Waals surface area contributed by atoms with E-state index in [0.29, 0.717) is 24.5 Å². The quantitative estimate of drug-likeness (QED) is 0.898. The van der Waals surface area contributed by atoms with E-state index in [1.807, 2.05) is 28.4 Å². The molecule has 3 atom stereocenters. The van der Waals surface area contributed by atoms with Gasteiger partial charge in [0.05, 0.1) is 19.3 Å². The van der Waals surface area contributed by atoms with Gasteiger partial charge in [-0.3, -0.25) is 9.69 Å². The first-order chi connectivity index (χ1) is 11.3. The van der Waals surface area contributed by atoms with Crippen LogP contribution >= 0.6 is 22.7 Å². The first-order valence-corrected chi connectivity index (χ1v) is 9.64. The maximum atomic E-state index is 12.1. The summed E-state index contributed by atoms with van der Waals surface area (Å²) in [5.74, 6) is 0.939. The lowest BCUT2D eigenvalue weighted by atomic mass is 9.93. The second kappa shape index (κ2) is 6.68. The van der Waals surface area contributed by atoms with Crippen molar-refractivity contribution in [2.45, 2.75) is 12.6 Å². The van der Waals surface area contributed by atoms with E-state index in [9.17, 15) is 4.79 Å². The van der Waals surface area contributed by atoms with Crippen LogP contribution in [0.15, 0.2) is 28.4 Å². The van der Waals surface area contributed by atoms with E-state index in [0.717, 1.165) is 36.8 Å². The van der Waals surface area contributed by atoms with Gasteiger partial charge in [-0.25, -0.2) is 4.98 Å². The third-order valence-corrected chi connectivity index (χ3v) is 6.11. The SMILES string of the molecule is O=C(NC[C@H]1CO[C@@H]2CN(Cc3nccs3)C[C@H]12)c1ccsc1. The molecule has 0 unspecified atom stereocenters. The average molecular weight is 349 g/mol. The van der Waals surface area contributed by atoms with Crippen LogP contribution in [0.5, 0.6) is 0 Å². The zero-order chi connectivity index (χ0) is 15.6. The Morgan fingerprint density at radius 2 is 2.39 bits per heavy atom. The van der Waals surface area contributed by atoms with Crippen LogP contribution in [0.1, 0.15) is 15.4 Å². The Morgan fingerprint density at radius 3 is 3.17 bits per heavy atom. The lowest BCUT2D eigenvalue weighted by molar-refractivity contribution is 0.0904. The molecule has 23 heavy (non-hydrogen) atoms. The van der Waals surface area contributed by atoms with E-state index in [2.05, 4.69) is 15.2 Å². The third kappa shape index (κ3) is 3.33. The Morgan fingerprint density at radius 1 is 1.43 bits per heavy atom. The fourth-order valence-electron chi connectivity index (χ4n) is 3.46. The van der Waals surface area contributed by atoms with Gasteiger partial charge in [0.25, 0.3) is 5.91 Å². The van der Waals surface area contributed by atoms with Crippen LogP contribution < -0.4 is 5.32 Å². The fourth-order valence-corrected chi connectivity index (χ4v) is 4.75. The predicted octanol–water partition coefficient (Wildman–Crippen LogP) is 2.08. The number of likely N-dealkylation sites (tertiary alicyclic amines) is 1. The maximum absolute atomic E-state index is 12.1. The van der Waals surface area contributed by atoms with Crippen molar-refractivity contribution in [3.63, 3.8) is 0 Å². The topological polar surface area (TPSA) is 54.5 Å². The van der Waals surface area contributed by atoms with Crippen molar-refractivity contribution in [3.05, 3.63) is 39.0 Å². The second-order valence-corrected chi connectivity index (χ2v) is 7.90. The Hall–Kier alpha value is -1.28. The molecule has 5 nitrogen and oxygen atoms in total. The Labute approximate surface area is 143 Å². The Kier molecular flexibility index (Phi) is 4.43. The largest absolute Gasteiger partial charge is 0.376 e. The summed E-state index contributed by atoms with van der Waals surface area (Å²) in [6.45, 7) is 4.36. The van der Waals surface area contributed by atoms with E-state index < -0.39 is 0 Å². The molecule has 0 saturated carbocycles. The summed E-state index contributed by atoms with van der Waals surface area (Å²) in [7, 11) is 0. The molecule has 2 aliphatic rings. The van der Waals surface area contributed by atoms with Gasteiger partial charge in [0.15, 0.2) is 0 Å². The number of carbonyl (C=O) groups is 1. The molecule has 122 valence electrons. The Bertz CT molecular complexity index is 644.